The van der Waals surface area contributed by atoms with Crippen LogP contribution in [-0.4, -0.2) is 21.6 Å². The summed E-state index contributed by atoms with van der Waals surface area (Å²) in [7, 11) is 0. The van der Waals surface area contributed by atoms with E-state index in [-0.39, 0.29) is 22.4 Å². The number of rotatable bonds is 6. The normalized spacial score (nSPS) is 21.7. The number of halogens is 2. The number of nitrogens with zero attached hydrogens (tertiary/aromatic N) is 2. The summed E-state index contributed by atoms with van der Waals surface area (Å²) in [5, 5.41) is 6.00. The Balaban J connectivity index is 1.35. The first-order valence-electron chi connectivity index (χ1n) is 9.53. The predicted octanol–water partition coefficient (Wildman–Crippen LogP) is 5.34. The third kappa shape index (κ3) is 5.04. The minimum Gasteiger partial charge on any atom is -0.487 e. The smallest absolute Gasteiger partial charge is 0.188 e. The van der Waals surface area contributed by atoms with Gasteiger partial charge in [-0.1, -0.05) is 23.7 Å². The number of anilines is 2. The van der Waals surface area contributed by atoms with Gasteiger partial charge in [-0.2, -0.15) is 0 Å². The first-order chi connectivity index (χ1) is 14.0. The number of hydrogen-bond acceptors (Lipinski definition) is 6. The van der Waals surface area contributed by atoms with Crippen molar-refractivity contribution in [1.29, 1.82) is 0 Å². The van der Waals surface area contributed by atoms with E-state index in [1.807, 2.05) is 23.6 Å². The van der Waals surface area contributed by atoms with Crippen molar-refractivity contribution < 1.29 is 9.13 Å². The highest BCUT2D eigenvalue weighted by Gasteiger charge is 2.33. The number of nitrogens with one attached hydrogen (secondary N) is 1. The second-order valence-electron chi connectivity index (χ2n) is 7.38. The van der Waals surface area contributed by atoms with Crippen LogP contribution in [0.15, 0.2) is 48.0 Å². The molecule has 8 heteroatoms. The standard InChI is InChI=1S/C21H22ClFN4OS/c22-16-4-2-5-17(19(16)23)28-15-7-9-21(24,10-8-15)13-14-3-1-6-18(26-14)27-20-25-11-12-29-20/h1-6,11-12,15H,7-10,13,24H2,(H,25,26,27). The van der Waals surface area contributed by atoms with Gasteiger partial charge in [0.1, 0.15) is 5.82 Å². The highest BCUT2D eigenvalue weighted by Crippen LogP contribution is 2.33. The highest BCUT2D eigenvalue weighted by atomic mass is 35.5. The van der Waals surface area contributed by atoms with Crippen LogP contribution in [0.5, 0.6) is 5.75 Å². The molecule has 3 N–H and O–H groups in total. The van der Waals surface area contributed by atoms with E-state index in [4.69, 9.17) is 22.1 Å². The Hall–Kier alpha value is -2.22. The fourth-order valence-electron chi connectivity index (χ4n) is 3.62. The number of pyridine rings is 1. The Morgan fingerprint density at radius 2 is 2.03 bits per heavy atom. The predicted molar refractivity (Wildman–Crippen MR) is 115 cm³/mol. The van der Waals surface area contributed by atoms with Crippen LogP contribution in [0, 0.1) is 5.82 Å². The highest BCUT2D eigenvalue weighted by molar-refractivity contribution is 7.13. The van der Waals surface area contributed by atoms with E-state index < -0.39 is 5.82 Å². The summed E-state index contributed by atoms with van der Waals surface area (Å²) in [5.74, 6) is 0.455. The Labute approximate surface area is 178 Å². The number of thiazole rings is 1. The molecule has 29 heavy (non-hydrogen) atoms. The van der Waals surface area contributed by atoms with Crippen LogP contribution in [0.25, 0.3) is 0 Å². The molecule has 0 bridgehead atoms. The molecule has 0 radical (unpaired) electrons. The van der Waals surface area contributed by atoms with Gasteiger partial charge in [0.25, 0.3) is 0 Å². The Morgan fingerprint density at radius 1 is 1.24 bits per heavy atom. The van der Waals surface area contributed by atoms with Crippen molar-refractivity contribution >= 4 is 33.9 Å². The molecule has 0 saturated heterocycles. The third-order valence-corrected chi connectivity index (χ3v) is 6.13. The Kier molecular flexibility index (Phi) is 5.99. The lowest BCUT2D eigenvalue weighted by molar-refractivity contribution is 0.113. The molecule has 1 aliphatic carbocycles. The zero-order valence-corrected chi connectivity index (χ0v) is 17.3. The van der Waals surface area contributed by atoms with Gasteiger partial charge >= 0.3 is 0 Å². The van der Waals surface area contributed by atoms with Crippen molar-refractivity contribution in [1.82, 2.24) is 9.97 Å². The molecule has 4 rings (SSSR count). The number of hydrogen-bond donors (Lipinski definition) is 2. The molecule has 0 spiro atoms. The van der Waals surface area contributed by atoms with Crippen LogP contribution in [-0.2, 0) is 6.42 Å². The van der Waals surface area contributed by atoms with Gasteiger partial charge in [0, 0.05) is 29.2 Å². The zero-order valence-electron chi connectivity index (χ0n) is 15.8. The molecule has 152 valence electrons. The molecule has 3 aromatic rings. The van der Waals surface area contributed by atoms with E-state index in [2.05, 4.69) is 15.3 Å². The molecule has 1 aromatic carbocycles. The van der Waals surface area contributed by atoms with Crippen LogP contribution in [0.3, 0.4) is 0 Å². The average Bonchev–Trinajstić information content (AvgIpc) is 3.20. The topological polar surface area (TPSA) is 73.1 Å². The summed E-state index contributed by atoms with van der Waals surface area (Å²) < 4.78 is 19.9. The maximum atomic E-state index is 14.1. The largest absolute Gasteiger partial charge is 0.487 e. The average molecular weight is 433 g/mol. The first-order valence-corrected chi connectivity index (χ1v) is 10.8. The molecular weight excluding hydrogens is 411 g/mol. The molecule has 0 amide bonds. The van der Waals surface area contributed by atoms with Crippen molar-refractivity contribution in [3.63, 3.8) is 0 Å². The summed E-state index contributed by atoms with van der Waals surface area (Å²) in [6.07, 6.45) is 5.46. The summed E-state index contributed by atoms with van der Waals surface area (Å²) >= 11 is 7.36. The molecule has 1 aliphatic rings. The molecule has 2 aromatic heterocycles. The van der Waals surface area contributed by atoms with Crippen molar-refractivity contribution in [2.75, 3.05) is 5.32 Å². The third-order valence-electron chi connectivity index (χ3n) is 5.15. The van der Waals surface area contributed by atoms with Crippen molar-refractivity contribution in [3.8, 4) is 5.75 Å². The van der Waals surface area contributed by atoms with Gasteiger partial charge in [0.05, 0.1) is 11.1 Å². The molecule has 2 heterocycles. The van der Waals surface area contributed by atoms with Crippen molar-refractivity contribution in [2.24, 2.45) is 5.73 Å². The van der Waals surface area contributed by atoms with Gasteiger partial charge < -0.3 is 15.8 Å². The van der Waals surface area contributed by atoms with Gasteiger partial charge in [-0.25, -0.2) is 14.4 Å². The fourth-order valence-corrected chi connectivity index (χ4v) is 4.32. The van der Waals surface area contributed by atoms with E-state index in [1.165, 1.54) is 17.4 Å². The molecule has 1 saturated carbocycles. The van der Waals surface area contributed by atoms with Crippen molar-refractivity contribution in [3.05, 3.63) is 64.5 Å². The van der Waals surface area contributed by atoms with Crippen LogP contribution in [0.1, 0.15) is 31.4 Å². The number of aromatic nitrogens is 2. The van der Waals surface area contributed by atoms with E-state index >= 15 is 0 Å². The fraction of sp³-hybridized carbons (Fsp3) is 0.333. The Bertz CT molecular complexity index is 961. The number of benzene rings is 1. The molecular formula is C21H22ClFN4OS. The second kappa shape index (κ2) is 8.65. The van der Waals surface area contributed by atoms with Gasteiger partial charge in [0.2, 0.25) is 0 Å². The van der Waals surface area contributed by atoms with Gasteiger partial charge in [-0.05, 0) is 49.9 Å². The maximum absolute atomic E-state index is 14.1. The lowest BCUT2D eigenvalue weighted by atomic mass is 9.78. The minimum absolute atomic E-state index is 0.0643. The second-order valence-corrected chi connectivity index (χ2v) is 8.69. The van der Waals surface area contributed by atoms with E-state index in [0.29, 0.717) is 6.42 Å². The molecule has 0 atom stereocenters. The first kappa shape index (κ1) is 20.1. The van der Waals surface area contributed by atoms with Crippen molar-refractivity contribution in [2.45, 2.75) is 43.7 Å². The Morgan fingerprint density at radius 3 is 2.79 bits per heavy atom. The SMILES string of the molecule is NC1(Cc2cccc(Nc3nccs3)n2)CCC(Oc2cccc(Cl)c2F)CC1. The van der Waals surface area contributed by atoms with Gasteiger partial charge in [0.15, 0.2) is 16.7 Å². The van der Waals surface area contributed by atoms with Crippen LogP contribution < -0.4 is 15.8 Å². The number of ether oxygens (including phenoxy) is 1. The molecule has 1 fully saturated rings. The molecule has 0 unspecified atom stereocenters. The van der Waals surface area contributed by atoms with E-state index in [0.717, 1.165) is 42.3 Å². The summed E-state index contributed by atoms with van der Waals surface area (Å²) in [4.78, 5) is 8.89. The zero-order chi connectivity index (χ0) is 20.3. The lowest BCUT2D eigenvalue weighted by Crippen LogP contribution is -2.47. The molecule has 0 aliphatic heterocycles. The summed E-state index contributed by atoms with van der Waals surface area (Å²) in [5.41, 5.74) is 7.26. The summed E-state index contributed by atoms with van der Waals surface area (Å²) in [6, 6.07) is 10.7. The molecule has 5 nitrogen and oxygen atoms in total. The summed E-state index contributed by atoms with van der Waals surface area (Å²) in [6.45, 7) is 0. The van der Waals surface area contributed by atoms with Gasteiger partial charge in [-0.3, -0.25) is 0 Å². The van der Waals surface area contributed by atoms with Crippen LogP contribution in [0.2, 0.25) is 5.02 Å². The van der Waals surface area contributed by atoms with Crippen LogP contribution in [0.4, 0.5) is 15.3 Å². The van der Waals surface area contributed by atoms with Gasteiger partial charge in [-0.15, -0.1) is 11.3 Å². The van der Waals surface area contributed by atoms with E-state index in [9.17, 15) is 4.39 Å². The maximum Gasteiger partial charge on any atom is 0.188 e. The van der Waals surface area contributed by atoms with E-state index in [1.54, 1.807) is 18.3 Å². The minimum atomic E-state index is -0.507. The van der Waals surface area contributed by atoms with Crippen LogP contribution >= 0.6 is 22.9 Å². The lowest BCUT2D eigenvalue weighted by Gasteiger charge is -2.37. The monoisotopic (exact) mass is 432 g/mol. The quantitative estimate of drug-likeness (QED) is 0.550. The number of nitrogens with two attached hydrogens (primary N) is 1.